The molecular formula is C24H25NO4. The highest BCUT2D eigenvalue weighted by Gasteiger charge is 2.26. The summed E-state index contributed by atoms with van der Waals surface area (Å²) in [5.74, 6) is 1.16. The minimum absolute atomic E-state index is 0.00154. The van der Waals surface area contributed by atoms with Crippen LogP contribution in [0.2, 0.25) is 0 Å². The number of rotatable bonds is 8. The summed E-state index contributed by atoms with van der Waals surface area (Å²) in [5, 5.41) is 0.829. The summed E-state index contributed by atoms with van der Waals surface area (Å²) in [6, 6.07) is 16.6. The molecule has 0 bridgehead atoms. The van der Waals surface area contributed by atoms with Crippen LogP contribution in [0.5, 0.6) is 5.75 Å². The van der Waals surface area contributed by atoms with Crippen LogP contribution in [-0.2, 0) is 4.79 Å². The normalized spacial score (nSPS) is 13.4. The lowest BCUT2D eigenvalue weighted by molar-refractivity contribution is -0.133. The van der Waals surface area contributed by atoms with E-state index in [0.29, 0.717) is 17.3 Å². The van der Waals surface area contributed by atoms with Crippen molar-refractivity contribution in [1.29, 1.82) is 0 Å². The van der Waals surface area contributed by atoms with Crippen molar-refractivity contribution < 1.29 is 13.9 Å². The van der Waals surface area contributed by atoms with Crippen molar-refractivity contribution in [3.63, 3.8) is 0 Å². The maximum Gasteiger partial charge on any atom is 0.336 e. The van der Waals surface area contributed by atoms with Gasteiger partial charge in [0, 0.05) is 30.6 Å². The van der Waals surface area contributed by atoms with E-state index in [4.69, 9.17) is 9.15 Å². The van der Waals surface area contributed by atoms with Gasteiger partial charge in [0.25, 0.3) is 5.91 Å². The molecule has 0 atom stereocenters. The number of hydrogen-bond donors (Lipinski definition) is 0. The molecule has 5 heteroatoms. The van der Waals surface area contributed by atoms with E-state index in [-0.39, 0.29) is 12.5 Å². The molecule has 0 unspecified atom stereocenters. The standard InChI is InChI=1S/C24H25NO4/c1-2-12-25(15-17-8-9-17)23(26)16-28-19-10-11-20-21(18-6-4-3-5-7-18)14-24(27)29-22(20)13-19/h3-7,10-11,13-14,17H,2,8-9,12,15-16H2,1H3. The SMILES string of the molecule is CCCN(CC1CC1)C(=O)COc1ccc2c(-c3ccccc3)cc(=O)oc2c1. The second kappa shape index (κ2) is 8.52. The zero-order chi connectivity index (χ0) is 20.2. The summed E-state index contributed by atoms with van der Waals surface area (Å²) in [6.07, 6.45) is 3.35. The Kier molecular flexibility index (Phi) is 5.65. The van der Waals surface area contributed by atoms with Crippen molar-refractivity contribution in [3.05, 3.63) is 65.0 Å². The fourth-order valence-electron chi connectivity index (χ4n) is 3.53. The molecule has 3 aromatic rings. The van der Waals surface area contributed by atoms with Crippen molar-refractivity contribution in [2.45, 2.75) is 26.2 Å². The summed E-state index contributed by atoms with van der Waals surface area (Å²) >= 11 is 0. The summed E-state index contributed by atoms with van der Waals surface area (Å²) in [4.78, 5) is 26.5. The fraction of sp³-hybridized carbons (Fsp3) is 0.333. The summed E-state index contributed by atoms with van der Waals surface area (Å²) in [5.41, 5.74) is 1.80. The molecule has 0 radical (unpaired) electrons. The van der Waals surface area contributed by atoms with Gasteiger partial charge in [-0.05, 0) is 48.4 Å². The smallest absolute Gasteiger partial charge is 0.336 e. The second-order valence-electron chi connectivity index (χ2n) is 7.57. The topological polar surface area (TPSA) is 59.8 Å². The maximum atomic E-state index is 12.6. The van der Waals surface area contributed by atoms with Crippen LogP contribution in [-0.4, -0.2) is 30.5 Å². The molecule has 29 heavy (non-hydrogen) atoms. The first-order valence-electron chi connectivity index (χ1n) is 10.2. The summed E-state index contributed by atoms with van der Waals surface area (Å²) in [6.45, 7) is 3.64. The molecule has 0 spiro atoms. The molecule has 1 amide bonds. The number of fused-ring (bicyclic) bond motifs is 1. The van der Waals surface area contributed by atoms with E-state index in [9.17, 15) is 9.59 Å². The first kappa shape index (κ1) is 19.2. The number of ether oxygens (including phenoxy) is 1. The van der Waals surface area contributed by atoms with Crippen LogP contribution in [0, 0.1) is 5.92 Å². The van der Waals surface area contributed by atoms with Crippen molar-refractivity contribution in [2.24, 2.45) is 5.92 Å². The van der Waals surface area contributed by atoms with Gasteiger partial charge in [0.05, 0.1) is 0 Å². The number of nitrogens with zero attached hydrogens (tertiary/aromatic N) is 1. The molecule has 1 heterocycles. The fourth-order valence-corrected chi connectivity index (χ4v) is 3.53. The van der Waals surface area contributed by atoms with Crippen molar-refractivity contribution in [3.8, 4) is 16.9 Å². The average Bonchev–Trinajstić information content (AvgIpc) is 3.55. The minimum Gasteiger partial charge on any atom is -0.484 e. The highest BCUT2D eigenvalue weighted by molar-refractivity contribution is 5.93. The minimum atomic E-state index is -0.414. The van der Waals surface area contributed by atoms with Crippen LogP contribution in [0.25, 0.3) is 22.1 Å². The quantitative estimate of drug-likeness (QED) is 0.531. The van der Waals surface area contributed by atoms with Crippen LogP contribution in [0.4, 0.5) is 0 Å². The lowest BCUT2D eigenvalue weighted by atomic mass is 10.0. The van der Waals surface area contributed by atoms with E-state index in [1.54, 1.807) is 6.07 Å². The van der Waals surface area contributed by atoms with Crippen LogP contribution in [0.3, 0.4) is 0 Å². The Labute approximate surface area is 169 Å². The Bertz CT molecular complexity index is 1050. The largest absolute Gasteiger partial charge is 0.484 e. The van der Waals surface area contributed by atoms with E-state index in [1.165, 1.54) is 18.9 Å². The lowest BCUT2D eigenvalue weighted by Crippen LogP contribution is -2.37. The molecule has 1 fully saturated rings. The van der Waals surface area contributed by atoms with Gasteiger partial charge in [0.15, 0.2) is 6.61 Å². The Morgan fingerprint density at radius 3 is 2.66 bits per heavy atom. The molecular weight excluding hydrogens is 366 g/mol. The van der Waals surface area contributed by atoms with Gasteiger partial charge in [0.2, 0.25) is 0 Å². The number of carbonyl (C=O) groups is 1. The molecule has 1 aliphatic carbocycles. The van der Waals surface area contributed by atoms with Crippen LogP contribution in [0.15, 0.2) is 63.8 Å². The zero-order valence-electron chi connectivity index (χ0n) is 16.6. The molecule has 0 N–H and O–H groups in total. The molecule has 1 saturated carbocycles. The van der Waals surface area contributed by atoms with Crippen LogP contribution >= 0.6 is 0 Å². The predicted octanol–water partition coefficient (Wildman–Crippen LogP) is 4.49. The molecule has 1 aliphatic rings. The summed E-state index contributed by atoms with van der Waals surface area (Å²) < 4.78 is 11.1. The van der Waals surface area contributed by atoms with Gasteiger partial charge < -0.3 is 14.1 Å². The van der Waals surface area contributed by atoms with Gasteiger partial charge in [-0.2, -0.15) is 0 Å². The zero-order valence-corrected chi connectivity index (χ0v) is 16.6. The molecule has 4 rings (SSSR count). The van der Waals surface area contributed by atoms with E-state index < -0.39 is 5.63 Å². The van der Waals surface area contributed by atoms with Crippen molar-refractivity contribution >= 4 is 16.9 Å². The Morgan fingerprint density at radius 1 is 1.14 bits per heavy atom. The van der Waals surface area contributed by atoms with Gasteiger partial charge in [-0.15, -0.1) is 0 Å². The van der Waals surface area contributed by atoms with E-state index in [0.717, 1.165) is 36.0 Å². The summed E-state index contributed by atoms with van der Waals surface area (Å²) in [7, 11) is 0. The van der Waals surface area contributed by atoms with Gasteiger partial charge in [-0.3, -0.25) is 4.79 Å². The van der Waals surface area contributed by atoms with Gasteiger partial charge >= 0.3 is 5.63 Å². The highest BCUT2D eigenvalue weighted by atomic mass is 16.5. The maximum absolute atomic E-state index is 12.6. The van der Waals surface area contributed by atoms with E-state index in [2.05, 4.69) is 6.92 Å². The van der Waals surface area contributed by atoms with Gasteiger partial charge in [-0.1, -0.05) is 37.3 Å². The van der Waals surface area contributed by atoms with Crippen LogP contribution in [0.1, 0.15) is 26.2 Å². The van der Waals surface area contributed by atoms with Crippen molar-refractivity contribution in [1.82, 2.24) is 4.90 Å². The number of amides is 1. The van der Waals surface area contributed by atoms with E-state index in [1.807, 2.05) is 47.4 Å². The second-order valence-corrected chi connectivity index (χ2v) is 7.57. The molecule has 1 aromatic heterocycles. The number of benzene rings is 2. The Balaban J connectivity index is 1.53. The first-order valence-corrected chi connectivity index (χ1v) is 10.2. The van der Waals surface area contributed by atoms with Crippen LogP contribution < -0.4 is 10.4 Å². The third-order valence-corrected chi connectivity index (χ3v) is 5.18. The van der Waals surface area contributed by atoms with E-state index >= 15 is 0 Å². The third-order valence-electron chi connectivity index (χ3n) is 5.18. The lowest BCUT2D eigenvalue weighted by Gasteiger charge is -2.22. The van der Waals surface area contributed by atoms with Gasteiger partial charge in [-0.25, -0.2) is 4.79 Å². The Morgan fingerprint density at radius 2 is 1.93 bits per heavy atom. The number of hydrogen-bond acceptors (Lipinski definition) is 4. The average molecular weight is 391 g/mol. The highest BCUT2D eigenvalue weighted by Crippen LogP contribution is 2.31. The Hall–Kier alpha value is -3.08. The third kappa shape index (κ3) is 4.67. The predicted molar refractivity (Wildman–Crippen MR) is 113 cm³/mol. The molecule has 2 aromatic carbocycles. The van der Waals surface area contributed by atoms with Gasteiger partial charge in [0.1, 0.15) is 11.3 Å². The molecule has 150 valence electrons. The number of carbonyl (C=O) groups excluding carboxylic acids is 1. The molecule has 0 aliphatic heterocycles. The first-order chi connectivity index (χ1) is 14.1. The monoisotopic (exact) mass is 391 g/mol. The molecule has 5 nitrogen and oxygen atoms in total. The molecule has 0 saturated heterocycles. The van der Waals surface area contributed by atoms with Crippen molar-refractivity contribution in [2.75, 3.05) is 19.7 Å².